The average molecular weight is 892 g/mol. The van der Waals surface area contributed by atoms with Gasteiger partial charge >= 0.3 is 0 Å². The van der Waals surface area contributed by atoms with Crippen LogP contribution >= 0.6 is 0 Å². The van der Waals surface area contributed by atoms with Crippen molar-refractivity contribution in [2.75, 3.05) is 4.90 Å². The molecule has 1 heterocycles. The Balaban J connectivity index is 1.02. The number of furan rings is 1. The zero-order chi connectivity index (χ0) is 47.3. The molecule has 4 aliphatic carbocycles. The number of benzene rings is 9. The number of anilines is 3. The lowest BCUT2D eigenvalue weighted by molar-refractivity contribution is 0.443. The van der Waals surface area contributed by atoms with E-state index in [4.69, 9.17) is 4.42 Å². The summed E-state index contributed by atoms with van der Waals surface area (Å²) in [5.41, 5.74) is 21.1. The SMILES string of the molecule is [2H]C1(c2ccc3c(c2)C2(c4cc(C5([2H])CCCCC5)ccc4-3)c3ccccc3-c3c(N(c4ccc(-c5cccc6c5oc5ccccc56)cc4)c4ccccc4-c4ccccc4)cccc32)CCCCC1. The highest BCUT2D eigenvalue weighted by Crippen LogP contribution is 2.65. The van der Waals surface area contributed by atoms with Crippen LogP contribution in [-0.4, -0.2) is 0 Å². The molecule has 1 aromatic heterocycles. The van der Waals surface area contributed by atoms with Gasteiger partial charge in [0.1, 0.15) is 11.2 Å². The van der Waals surface area contributed by atoms with Crippen LogP contribution in [0, 0.1) is 0 Å². The van der Waals surface area contributed by atoms with Crippen LogP contribution in [0.4, 0.5) is 17.1 Å². The largest absolute Gasteiger partial charge is 0.455 e. The number of para-hydroxylation sites is 3. The molecular weight excluding hydrogens is 835 g/mol. The number of hydrogen-bond donors (Lipinski definition) is 0. The standard InChI is InChI=1S/C67H55NO/c1-4-18-44(19-5-1)48-36-40-53-54-41-37-49(45-20-6-2-7-21-45)43-61(54)67(60(53)42-48)58-29-13-10-26-57(58)65-59(67)30-17-32-63(65)68(62-31-14-11-24-51(62)46-22-8-3-9-23-46)50-38-34-47(35-39-50)52-27-16-28-56-55-25-12-15-33-64(55)69-66(52)56/h3,8-17,22-45H,1-2,4-7,18-21H2/i44D,45D. The van der Waals surface area contributed by atoms with Gasteiger partial charge in [0.05, 0.1) is 16.8 Å². The second kappa shape index (κ2) is 16.4. The van der Waals surface area contributed by atoms with E-state index < -0.39 is 17.2 Å². The predicted octanol–water partition coefficient (Wildman–Crippen LogP) is 18.8. The Bertz CT molecular complexity index is 3630. The van der Waals surface area contributed by atoms with Gasteiger partial charge in [-0.1, -0.05) is 208 Å². The third-order valence-corrected chi connectivity index (χ3v) is 16.2. The van der Waals surface area contributed by atoms with Crippen LogP contribution in [0.5, 0.6) is 0 Å². The number of nitrogens with zero attached hydrogens (tertiary/aromatic N) is 1. The summed E-state index contributed by atoms with van der Waals surface area (Å²) < 4.78 is 26.6. The van der Waals surface area contributed by atoms with Crippen molar-refractivity contribution < 1.29 is 7.16 Å². The highest BCUT2D eigenvalue weighted by Gasteiger charge is 2.53. The van der Waals surface area contributed by atoms with Crippen molar-refractivity contribution in [3.63, 3.8) is 0 Å². The fourth-order valence-electron chi connectivity index (χ4n) is 13.1. The molecule has 2 saturated carbocycles. The molecule has 0 N–H and O–H groups in total. The van der Waals surface area contributed by atoms with E-state index in [1.165, 1.54) is 57.3 Å². The molecule has 0 saturated heterocycles. The summed E-state index contributed by atoms with van der Waals surface area (Å²) in [5.74, 6) is -1.24. The molecule has 334 valence electrons. The van der Waals surface area contributed by atoms with Gasteiger partial charge in [0.15, 0.2) is 0 Å². The van der Waals surface area contributed by atoms with Crippen molar-refractivity contribution in [2.45, 2.75) is 81.4 Å². The normalized spacial score (nSPS) is 17.4. The number of rotatable bonds is 7. The summed E-state index contributed by atoms with van der Waals surface area (Å²) in [6, 6.07) is 73.8. The minimum absolute atomic E-state index is 0.620. The Labute approximate surface area is 408 Å². The van der Waals surface area contributed by atoms with Crippen LogP contribution in [0.25, 0.3) is 66.4 Å². The summed E-state index contributed by atoms with van der Waals surface area (Å²) >= 11 is 0. The zero-order valence-electron chi connectivity index (χ0n) is 41.0. The first-order valence-electron chi connectivity index (χ1n) is 26.4. The van der Waals surface area contributed by atoms with Gasteiger partial charge in [0.2, 0.25) is 0 Å². The van der Waals surface area contributed by atoms with Gasteiger partial charge in [-0.05, 0) is 129 Å². The van der Waals surface area contributed by atoms with Crippen LogP contribution in [0.15, 0.2) is 205 Å². The van der Waals surface area contributed by atoms with Crippen molar-refractivity contribution in [3.8, 4) is 44.5 Å². The van der Waals surface area contributed by atoms with Gasteiger partial charge in [-0.3, -0.25) is 0 Å². The molecule has 2 fully saturated rings. The molecule has 2 nitrogen and oxygen atoms in total. The molecule has 0 aliphatic heterocycles. The van der Waals surface area contributed by atoms with E-state index in [1.807, 2.05) is 6.07 Å². The van der Waals surface area contributed by atoms with Crippen molar-refractivity contribution in [1.29, 1.82) is 0 Å². The van der Waals surface area contributed by atoms with Crippen LogP contribution in [0.3, 0.4) is 0 Å². The predicted molar refractivity (Wildman–Crippen MR) is 287 cm³/mol. The van der Waals surface area contributed by atoms with E-state index >= 15 is 0 Å². The minimum atomic E-state index is -0.658. The van der Waals surface area contributed by atoms with Gasteiger partial charge in [0, 0.05) is 35.9 Å². The van der Waals surface area contributed by atoms with Crippen molar-refractivity contribution in [2.24, 2.45) is 0 Å². The monoisotopic (exact) mass is 891 g/mol. The minimum Gasteiger partial charge on any atom is -0.455 e. The fourth-order valence-corrected chi connectivity index (χ4v) is 13.1. The molecule has 0 atom stereocenters. The maximum atomic E-state index is 10.00. The average Bonchev–Trinajstić information content (AvgIpc) is 4.07. The van der Waals surface area contributed by atoms with E-state index in [1.54, 1.807) is 0 Å². The summed E-state index contributed by atoms with van der Waals surface area (Å²) in [7, 11) is 0. The number of fused-ring (bicyclic) bond motifs is 13. The summed E-state index contributed by atoms with van der Waals surface area (Å²) in [6.45, 7) is 0. The van der Waals surface area contributed by atoms with Gasteiger partial charge in [0.25, 0.3) is 0 Å². The topological polar surface area (TPSA) is 16.4 Å². The van der Waals surface area contributed by atoms with Crippen LogP contribution < -0.4 is 4.90 Å². The Kier molecular flexibility index (Phi) is 9.15. The molecular formula is C67H55NO. The molecule has 1 spiro atoms. The Hall–Kier alpha value is -7.42. The van der Waals surface area contributed by atoms with Crippen molar-refractivity contribution in [3.05, 3.63) is 234 Å². The van der Waals surface area contributed by atoms with Gasteiger partial charge in [-0.15, -0.1) is 0 Å². The maximum Gasteiger partial charge on any atom is 0.143 e. The summed E-state index contributed by atoms with van der Waals surface area (Å²) in [6.07, 6.45) is 10.3. The highest BCUT2D eigenvalue weighted by molar-refractivity contribution is 6.10. The third kappa shape index (κ3) is 6.31. The molecule has 9 aromatic carbocycles. The smallest absolute Gasteiger partial charge is 0.143 e. The van der Waals surface area contributed by atoms with E-state index in [-0.39, 0.29) is 0 Å². The molecule has 0 unspecified atom stereocenters. The first kappa shape index (κ1) is 38.5. The van der Waals surface area contributed by atoms with Crippen molar-refractivity contribution >= 4 is 39.0 Å². The van der Waals surface area contributed by atoms with Crippen LogP contribution in [0.1, 0.15) is 112 Å². The lowest BCUT2D eigenvalue weighted by Gasteiger charge is -2.33. The Morgan fingerprint density at radius 1 is 0.406 bits per heavy atom. The van der Waals surface area contributed by atoms with E-state index in [0.29, 0.717) is 0 Å². The van der Waals surface area contributed by atoms with Crippen LogP contribution in [0.2, 0.25) is 0 Å². The molecule has 0 bridgehead atoms. The van der Waals surface area contributed by atoms with Gasteiger partial charge in [-0.25, -0.2) is 0 Å². The van der Waals surface area contributed by atoms with Gasteiger partial charge < -0.3 is 9.32 Å². The Morgan fingerprint density at radius 2 is 0.957 bits per heavy atom. The van der Waals surface area contributed by atoms with E-state index in [0.717, 1.165) is 124 Å². The summed E-state index contributed by atoms with van der Waals surface area (Å²) in [5, 5.41) is 2.25. The first-order valence-corrected chi connectivity index (χ1v) is 25.4. The van der Waals surface area contributed by atoms with E-state index in [2.05, 4.69) is 199 Å². The lowest BCUT2D eigenvalue weighted by atomic mass is 9.69. The maximum absolute atomic E-state index is 10.00. The zero-order valence-corrected chi connectivity index (χ0v) is 39.0. The molecule has 0 amide bonds. The second-order valence-electron chi connectivity index (χ2n) is 19.9. The first-order chi connectivity index (χ1) is 34.9. The Morgan fingerprint density at radius 3 is 1.68 bits per heavy atom. The lowest BCUT2D eigenvalue weighted by Crippen LogP contribution is -2.26. The molecule has 4 aliphatic rings. The third-order valence-electron chi connectivity index (χ3n) is 16.2. The summed E-state index contributed by atoms with van der Waals surface area (Å²) in [4.78, 5) is 2.49. The van der Waals surface area contributed by atoms with Crippen molar-refractivity contribution in [1.82, 2.24) is 0 Å². The van der Waals surface area contributed by atoms with E-state index in [9.17, 15) is 2.74 Å². The quantitative estimate of drug-likeness (QED) is 0.159. The van der Waals surface area contributed by atoms with Crippen LogP contribution in [-0.2, 0) is 5.41 Å². The molecule has 2 heteroatoms. The molecule has 69 heavy (non-hydrogen) atoms. The second-order valence-corrected chi connectivity index (χ2v) is 19.9. The highest BCUT2D eigenvalue weighted by atomic mass is 16.3. The number of hydrogen-bond acceptors (Lipinski definition) is 2. The fraction of sp³-hybridized carbons (Fsp3) is 0.194. The molecule has 14 rings (SSSR count). The molecule has 0 radical (unpaired) electrons. The molecule has 10 aromatic rings. The van der Waals surface area contributed by atoms with Gasteiger partial charge in [-0.2, -0.15) is 0 Å².